The predicted octanol–water partition coefficient (Wildman–Crippen LogP) is 7.69. The molecule has 0 unspecified atom stereocenters. The summed E-state index contributed by atoms with van der Waals surface area (Å²) in [5.41, 5.74) is 4.22. The zero-order valence-corrected chi connectivity index (χ0v) is 43.6. The van der Waals surface area contributed by atoms with Crippen molar-refractivity contribution in [2.45, 2.75) is 109 Å². The van der Waals surface area contributed by atoms with Gasteiger partial charge in [-0.15, -0.1) is 11.3 Å². The van der Waals surface area contributed by atoms with Gasteiger partial charge in [0.2, 0.25) is 29.6 Å². The summed E-state index contributed by atoms with van der Waals surface area (Å²) in [6.07, 6.45) is 14.8. The van der Waals surface area contributed by atoms with Crippen LogP contribution in [0.15, 0.2) is 66.6 Å². The Labute approximate surface area is 439 Å². The van der Waals surface area contributed by atoms with Gasteiger partial charge < -0.3 is 40.1 Å². The molecular formula is C54H80FN11O6S. The number of rotatable bonds is 19. The van der Waals surface area contributed by atoms with Crippen LogP contribution < -0.4 is 20.9 Å². The predicted molar refractivity (Wildman–Crippen MR) is 287 cm³/mol. The van der Waals surface area contributed by atoms with Crippen molar-refractivity contribution in [1.29, 1.82) is 5.26 Å². The molecule has 2 aliphatic heterocycles. The molecule has 0 radical (unpaired) electrons. The Hall–Kier alpha value is -6.07. The number of carbonyl (C=O) groups is 4. The van der Waals surface area contributed by atoms with E-state index in [0.29, 0.717) is 74.9 Å². The number of carbonyl (C=O) groups excluding carboxylic acids is 4. The van der Waals surface area contributed by atoms with E-state index in [4.69, 9.17) is 9.47 Å². The fraction of sp³-hybridized carbons (Fsp3) is 0.556. The zero-order valence-electron chi connectivity index (χ0n) is 42.8. The molecule has 1 aromatic carbocycles. The molecule has 3 N–H and O–H groups in total. The Kier molecular flexibility index (Phi) is 20.4. The van der Waals surface area contributed by atoms with Gasteiger partial charge in [0.1, 0.15) is 6.07 Å². The quantitative estimate of drug-likeness (QED) is 0.0611. The first-order chi connectivity index (χ1) is 35.3. The number of likely N-dealkylation sites (tertiary alicyclic amines) is 1. The highest BCUT2D eigenvalue weighted by molar-refractivity contribution is 7.09. The number of ether oxygens (including phenoxy) is 2. The molecule has 0 bridgehead atoms. The summed E-state index contributed by atoms with van der Waals surface area (Å²) in [6.45, 7) is 9.47. The Bertz CT molecular complexity index is 2480. The molecule has 2 saturated carbocycles. The van der Waals surface area contributed by atoms with Crippen molar-refractivity contribution in [2.75, 3.05) is 83.3 Å². The smallest absolute Gasteiger partial charge is 0.226 e. The lowest BCUT2D eigenvalue weighted by Crippen LogP contribution is -2.52. The normalized spacial score (nSPS) is 22.2. The number of aryl methyl sites for hydroxylation is 2. The van der Waals surface area contributed by atoms with Crippen LogP contribution in [0.5, 0.6) is 0 Å². The Morgan fingerprint density at radius 2 is 1.67 bits per heavy atom. The summed E-state index contributed by atoms with van der Waals surface area (Å²) in [4.78, 5) is 71.7. The minimum Gasteiger partial charge on any atom is -0.378 e. The van der Waals surface area contributed by atoms with Crippen molar-refractivity contribution in [3.8, 4) is 6.07 Å². The fourth-order valence-corrected chi connectivity index (χ4v) is 10.7. The standard InChI is InChI=1S/C50H67FN10O6.C4H5NS.4H2/c1-34-8-17-42(37(28-34)31-52)57-43-33-55-45(51)30-44(43)58(2)20-21-60-22-24-61(25-23-60)50(65)35-9-11-38(12-10-35)56-46(62)7-5-26-66-39-13-15-40(16-14-39)67-27-19-54-49(64)41-29-47(63)59(3)48(41)36-6-4-18-53-32-36;1-4-5-2-3-6-4;;;;/h4,6,8,17-18,28,30,32-33,35,38-41,48,57H,5,7,9-16,19-27,29H2,1-3H3,(H,54,64)(H,56,62);2-3H,1H3;4*1H/t35?,38?,39?,40?,41-,48+;;;;;/m0...../s1. The fourth-order valence-electron chi connectivity index (χ4n) is 10.3. The molecule has 2 atom stereocenters. The van der Waals surface area contributed by atoms with Crippen molar-refractivity contribution < 1.29 is 38.7 Å². The largest absolute Gasteiger partial charge is 0.378 e. The van der Waals surface area contributed by atoms with Gasteiger partial charge in [-0.1, -0.05) is 12.1 Å². The number of hydrogen-bond acceptors (Lipinski definition) is 14. The molecule has 3 aromatic heterocycles. The highest BCUT2D eigenvalue weighted by Crippen LogP contribution is 2.37. The second kappa shape index (κ2) is 27.3. The lowest BCUT2D eigenvalue weighted by Gasteiger charge is -2.38. The second-order valence-electron chi connectivity index (χ2n) is 19.6. The van der Waals surface area contributed by atoms with E-state index in [1.54, 1.807) is 41.9 Å². The lowest BCUT2D eigenvalue weighted by molar-refractivity contribution is -0.138. The number of nitrogens with one attached hydrogen (secondary N) is 3. The van der Waals surface area contributed by atoms with Crippen molar-refractivity contribution >= 4 is 52.0 Å². The van der Waals surface area contributed by atoms with Gasteiger partial charge in [0.25, 0.3) is 0 Å². The molecule has 4 aromatic rings. The summed E-state index contributed by atoms with van der Waals surface area (Å²) in [5.74, 6) is -1.03. The van der Waals surface area contributed by atoms with Crippen LogP contribution >= 0.6 is 11.3 Å². The number of halogens is 1. The minimum atomic E-state index is -0.579. The van der Waals surface area contributed by atoms with Gasteiger partial charge >= 0.3 is 0 Å². The number of thiazole rings is 1. The van der Waals surface area contributed by atoms with Crippen LogP contribution in [0.3, 0.4) is 0 Å². The van der Waals surface area contributed by atoms with Gasteiger partial charge in [-0.25, -0.2) is 4.98 Å². The van der Waals surface area contributed by atoms with Gasteiger partial charge in [-0.3, -0.25) is 34.0 Å². The summed E-state index contributed by atoms with van der Waals surface area (Å²) in [6, 6.07) is 12.7. The maximum atomic E-state index is 14.3. The van der Waals surface area contributed by atoms with Gasteiger partial charge in [-0.05, 0) is 101 Å². The van der Waals surface area contributed by atoms with Crippen LogP contribution in [-0.4, -0.2) is 145 Å². The third-order valence-corrected chi connectivity index (χ3v) is 15.2. The Balaban J connectivity index is 0.00000146. The van der Waals surface area contributed by atoms with Crippen molar-refractivity contribution in [3.63, 3.8) is 0 Å². The number of amides is 4. The molecule has 8 rings (SSSR count). The average Bonchev–Trinajstić information content (AvgIpc) is 4.02. The Morgan fingerprint density at radius 3 is 2.33 bits per heavy atom. The molecule has 2 saturated heterocycles. The first-order valence-electron chi connectivity index (χ1n) is 25.8. The van der Waals surface area contributed by atoms with E-state index >= 15 is 0 Å². The molecule has 0 spiro atoms. The van der Waals surface area contributed by atoms with Crippen LogP contribution in [0, 0.1) is 43.0 Å². The minimum absolute atomic E-state index is 0. The van der Waals surface area contributed by atoms with Crippen LogP contribution in [0.4, 0.5) is 21.5 Å². The summed E-state index contributed by atoms with van der Waals surface area (Å²) < 4.78 is 26.5. The van der Waals surface area contributed by atoms with Gasteiger partial charge in [0.15, 0.2) is 0 Å². The zero-order chi connectivity index (χ0) is 51.7. The van der Waals surface area contributed by atoms with Crippen LogP contribution in [-0.2, 0) is 28.7 Å². The maximum Gasteiger partial charge on any atom is 0.226 e. The van der Waals surface area contributed by atoms with E-state index < -0.39 is 11.9 Å². The molecule has 19 heteroatoms. The number of nitriles is 1. The molecule has 5 heterocycles. The monoisotopic (exact) mass is 1030 g/mol. The highest BCUT2D eigenvalue weighted by Gasteiger charge is 2.42. The number of nitrogens with zero attached hydrogens (tertiary/aromatic N) is 8. The number of piperazine rings is 1. The van der Waals surface area contributed by atoms with Gasteiger partial charge in [0, 0.05) is 127 Å². The van der Waals surface area contributed by atoms with Crippen molar-refractivity contribution in [1.82, 2.24) is 40.3 Å². The summed E-state index contributed by atoms with van der Waals surface area (Å²) in [5, 5.41) is 22.2. The van der Waals surface area contributed by atoms with Crippen LogP contribution in [0.1, 0.15) is 104 Å². The van der Waals surface area contributed by atoms with E-state index in [1.165, 1.54) is 12.3 Å². The van der Waals surface area contributed by atoms with Crippen LogP contribution in [0.2, 0.25) is 0 Å². The topological polar surface area (TPSA) is 198 Å². The van der Waals surface area contributed by atoms with Crippen molar-refractivity contribution in [3.05, 3.63) is 94.2 Å². The average molecular weight is 1030 g/mol. The molecule has 73 heavy (non-hydrogen) atoms. The van der Waals surface area contributed by atoms with E-state index in [0.717, 1.165) is 87.1 Å². The van der Waals surface area contributed by atoms with E-state index in [2.05, 4.69) is 41.9 Å². The van der Waals surface area contributed by atoms with E-state index in [9.17, 15) is 28.8 Å². The molecule has 2 aliphatic carbocycles. The van der Waals surface area contributed by atoms with Gasteiger partial charge in [-0.2, -0.15) is 9.65 Å². The summed E-state index contributed by atoms with van der Waals surface area (Å²) in [7, 11) is 3.64. The highest BCUT2D eigenvalue weighted by atomic mass is 32.1. The second-order valence-corrected chi connectivity index (χ2v) is 20.7. The molecule has 4 amide bonds. The van der Waals surface area contributed by atoms with E-state index in [-0.39, 0.29) is 66.0 Å². The van der Waals surface area contributed by atoms with E-state index in [1.807, 2.05) is 66.4 Å². The maximum absolute atomic E-state index is 14.3. The SMILES string of the molecule is Cc1ccc(Nc2cnc(F)cc2N(C)CCN2CCN(C(=O)C3CCC(NC(=O)CCCOC4CCC(OCCNC(=O)[C@H]5CC(=O)N(C)[C@@H]5c5cccnc5)CC4)CC3)CC2)c(C#N)c1.Cc1nccs1.[HH].[HH].[HH].[HH]. The number of hydrogen-bond donors (Lipinski definition) is 3. The first kappa shape index (κ1) is 54.7. The van der Waals surface area contributed by atoms with Gasteiger partial charge in [0.05, 0.1) is 64.6 Å². The summed E-state index contributed by atoms with van der Waals surface area (Å²) >= 11 is 1.67. The third kappa shape index (κ3) is 16.0. The Morgan fingerprint density at radius 1 is 0.932 bits per heavy atom. The third-order valence-electron chi connectivity index (χ3n) is 14.5. The number of aromatic nitrogens is 3. The number of pyridine rings is 2. The molecular weight excluding hydrogens is 950 g/mol. The van der Waals surface area contributed by atoms with Crippen molar-refractivity contribution in [2.24, 2.45) is 11.8 Å². The molecule has 17 nitrogen and oxygen atoms in total. The van der Waals surface area contributed by atoms with Crippen LogP contribution in [0.25, 0.3) is 0 Å². The first-order valence-corrected chi connectivity index (χ1v) is 26.7. The number of anilines is 3. The molecule has 4 aliphatic rings. The number of likely N-dealkylation sites (N-methyl/N-ethyl adjacent to an activating group) is 1. The number of benzene rings is 1. The molecule has 400 valence electrons. The molecule has 4 fully saturated rings. The lowest BCUT2D eigenvalue weighted by atomic mass is 9.85.